The number of hydrogen-bond donors (Lipinski definition) is 2. The maximum Gasteiger partial charge on any atom is 0.173 e. The van der Waals surface area contributed by atoms with Crippen LogP contribution in [0.15, 0.2) is 23.4 Å². The quantitative estimate of drug-likeness (QED) is 0.344. The van der Waals surface area contributed by atoms with Crippen LogP contribution in [0.4, 0.5) is 0 Å². The Morgan fingerprint density at radius 3 is 2.88 bits per heavy atom. The molecule has 2 rings (SSSR count). The van der Waals surface area contributed by atoms with Crippen molar-refractivity contribution in [2.24, 2.45) is 10.9 Å². The molecule has 1 aliphatic rings. The van der Waals surface area contributed by atoms with Gasteiger partial charge in [0, 0.05) is 0 Å². The fourth-order valence-electron chi connectivity index (χ4n) is 1.51. The molecule has 1 aromatic carbocycles. The number of amidine groups is 1. The minimum atomic E-state index is 0.0546. The van der Waals surface area contributed by atoms with E-state index in [1.54, 1.807) is 6.07 Å². The summed E-state index contributed by atoms with van der Waals surface area (Å²) < 4.78 is 10.8. The maximum absolute atomic E-state index is 8.69. The molecular formula is C11H14N2O3. The van der Waals surface area contributed by atoms with Gasteiger partial charge < -0.3 is 20.4 Å². The van der Waals surface area contributed by atoms with Gasteiger partial charge in [0.25, 0.3) is 0 Å². The monoisotopic (exact) mass is 222 g/mol. The highest BCUT2D eigenvalue weighted by molar-refractivity contribution is 5.99. The van der Waals surface area contributed by atoms with Crippen molar-refractivity contribution in [3.8, 4) is 5.75 Å². The molecule has 1 saturated heterocycles. The van der Waals surface area contributed by atoms with E-state index in [9.17, 15) is 0 Å². The van der Waals surface area contributed by atoms with Gasteiger partial charge in [-0.1, -0.05) is 17.3 Å². The number of benzene rings is 1. The fourth-order valence-corrected chi connectivity index (χ4v) is 1.51. The van der Waals surface area contributed by atoms with E-state index < -0.39 is 0 Å². The largest absolute Gasteiger partial charge is 0.485 e. The van der Waals surface area contributed by atoms with E-state index in [0.29, 0.717) is 24.5 Å². The fraction of sp³-hybridized carbons (Fsp3) is 0.364. The first-order valence-corrected chi connectivity index (χ1v) is 5.04. The lowest BCUT2D eigenvalue weighted by molar-refractivity contribution is -0.0799. The van der Waals surface area contributed by atoms with E-state index in [4.69, 9.17) is 20.4 Å². The molecular weight excluding hydrogens is 208 g/mol. The number of nitrogens with two attached hydrogens (primary N) is 1. The first-order valence-electron chi connectivity index (χ1n) is 5.04. The van der Waals surface area contributed by atoms with Gasteiger partial charge in [0.15, 0.2) is 5.84 Å². The van der Waals surface area contributed by atoms with Gasteiger partial charge in [-0.2, -0.15) is 0 Å². The number of rotatable bonds is 3. The molecule has 0 aromatic heterocycles. The van der Waals surface area contributed by atoms with Crippen LogP contribution in [0.25, 0.3) is 0 Å². The summed E-state index contributed by atoms with van der Waals surface area (Å²) in [6.45, 7) is 3.09. The normalized spacial score (nSPS) is 16.9. The molecule has 1 aliphatic heterocycles. The van der Waals surface area contributed by atoms with E-state index >= 15 is 0 Å². The van der Waals surface area contributed by atoms with Crippen LogP contribution >= 0.6 is 0 Å². The smallest absolute Gasteiger partial charge is 0.173 e. The Bertz CT molecular complexity index is 414. The Morgan fingerprint density at radius 2 is 2.31 bits per heavy atom. The highest BCUT2D eigenvalue weighted by Crippen LogP contribution is 2.25. The Kier molecular flexibility index (Phi) is 2.96. The molecule has 0 radical (unpaired) electrons. The molecule has 3 N–H and O–H groups in total. The van der Waals surface area contributed by atoms with Crippen molar-refractivity contribution >= 4 is 5.84 Å². The SMILES string of the molecule is Cc1cccc(/C(N)=N/O)c1OC1COC1. The average molecular weight is 222 g/mol. The summed E-state index contributed by atoms with van der Waals surface area (Å²) in [5, 5.41) is 11.7. The Hall–Kier alpha value is -1.75. The van der Waals surface area contributed by atoms with Crippen LogP contribution in [-0.4, -0.2) is 30.4 Å². The van der Waals surface area contributed by atoms with Crippen LogP contribution in [0.2, 0.25) is 0 Å². The van der Waals surface area contributed by atoms with Gasteiger partial charge in [-0.25, -0.2) is 0 Å². The minimum absolute atomic E-state index is 0.0546. The topological polar surface area (TPSA) is 77.1 Å². The summed E-state index contributed by atoms with van der Waals surface area (Å²) in [5.41, 5.74) is 7.15. The van der Waals surface area contributed by atoms with Crippen LogP contribution in [0.3, 0.4) is 0 Å². The molecule has 0 spiro atoms. The van der Waals surface area contributed by atoms with E-state index in [-0.39, 0.29) is 11.9 Å². The molecule has 1 fully saturated rings. The number of nitrogens with zero attached hydrogens (tertiary/aromatic N) is 1. The van der Waals surface area contributed by atoms with Crippen LogP contribution in [0.1, 0.15) is 11.1 Å². The van der Waals surface area contributed by atoms with Gasteiger partial charge in [0.05, 0.1) is 18.8 Å². The van der Waals surface area contributed by atoms with Crippen molar-refractivity contribution < 1.29 is 14.7 Å². The Labute approximate surface area is 93.5 Å². The van der Waals surface area contributed by atoms with Crippen LogP contribution in [0, 0.1) is 6.92 Å². The first kappa shape index (κ1) is 10.8. The van der Waals surface area contributed by atoms with Crippen molar-refractivity contribution in [2.75, 3.05) is 13.2 Å². The molecule has 0 bridgehead atoms. The third-order valence-electron chi connectivity index (χ3n) is 2.49. The van der Waals surface area contributed by atoms with Crippen molar-refractivity contribution in [2.45, 2.75) is 13.0 Å². The second-order valence-corrected chi connectivity index (χ2v) is 3.71. The zero-order valence-corrected chi connectivity index (χ0v) is 9.01. The molecule has 16 heavy (non-hydrogen) atoms. The zero-order chi connectivity index (χ0) is 11.5. The number of oxime groups is 1. The number of para-hydroxylation sites is 1. The molecule has 5 nitrogen and oxygen atoms in total. The van der Waals surface area contributed by atoms with Crippen LogP contribution < -0.4 is 10.5 Å². The third kappa shape index (κ3) is 1.94. The summed E-state index contributed by atoms with van der Waals surface area (Å²) >= 11 is 0. The van der Waals surface area contributed by atoms with Gasteiger partial charge in [-0.05, 0) is 18.6 Å². The third-order valence-corrected chi connectivity index (χ3v) is 2.49. The number of aryl methyl sites for hydroxylation is 1. The summed E-state index contributed by atoms with van der Waals surface area (Å²) in [5.74, 6) is 0.713. The van der Waals surface area contributed by atoms with Crippen molar-refractivity contribution in [3.63, 3.8) is 0 Å². The maximum atomic E-state index is 8.69. The molecule has 1 heterocycles. The minimum Gasteiger partial charge on any atom is -0.485 e. The molecule has 0 atom stereocenters. The molecule has 0 unspecified atom stereocenters. The molecule has 0 amide bonds. The molecule has 86 valence electrons. The van der Waals surface area contributed by atoms with Gasteiger partial charge in [0.1, 0.15) is 11.9 Å². The summed E-state index contributed by atoms with van der Waals surface area (Å²) in [6, 6.07) is 5.52. The summed E-state index contributed by atoms with van der Waals surface area (Å²) in [6.07, 6.45) is 0.0614. The van der Waals surface area contributed by atoms with E-state index in [1.807, 2.05) is 19.1 Å². The Balaban J connectivity index is 2.31. The van der Waals surface area contributed by atoms with Crippen molar-refractivity contribution in [3.05, 3.63) is 29.3 Å². The molecule has 0 aliphatic carbocycles. The number of ether oxygens (including phenoxy) is 2. The molecule has 1 aromatic rings. The predicted molar refractivity (Wildman–Crippen MR) is 58.9 cm³/mol. The van der Waals surface area contributed by atoms with Crippen LogP contribution in [0.5, 0.6) is 5.75 Å². The molecule has 0 saturated carbocycles. The van der Waals surface area contributed by atoms with E-state index in [1.165, 1.54) is 0 Å². The lowest BCUT2D eigenvalue weighted by atomic mass is 10.1. The number of hydrogen-bond acceptors (Lipinski definition) is 4. The summed E-state index contributed by atoms with van der Waals surface area (Å²) in [7, 11) is 0. The molecule has 5 heteroatoms. The van der Waals surface area contributed by atoms with E-state index in [0.717, 1.165) is 5.56 Å². The van der Waals surface area contributed by atoms with Crippen LogP contribution in [-0.2, 0) is 4.74 Å². The second-order valence-electron chi connectivity index (χ2n) is 3.71. The summed E-state index contributed by atoms with van der Waals surface area (Å²) in [4.78, 5) is 0. The second kappa shape index (κ2) is 4.40. The van der Waals surface area contributed by atoms with Crippen molar-refractivity contribution in [1.82, 2.24) is 0 Å². The van der Waals surface area contributed by atoms with Gasteiger partial charge >= 0.3 is 0 Å². The lowest BCUT2D eigenvalue weighted by Gasteiger charge is -2.28. The first-order chi connectivity index (χ1) is 7.72. The van der Waals surface area contributed by atoms with Crippen molar-refractivity contribution in [1.29, 1.82) is 0 Å². The van der Waals surface area contributed by atoms with Gasteiger partial charge in [0.2, 0.25) is 0 Å². The van der Waals surface area contributed by atoms with Gasteiger partial charge in [-0.15, -0.1) is 0 Å². The average Bonchev–Trinajstić information content (AvgIpc) is 2.23. The standard InChI is InChI=1S/C11H14N2O3/c1-7-3-2-4-9(11(12)13-14)10(7)16-8-5-15-6-8/h2-4,8,14H,5-6H2,1H3,(H2,12,13). The van der Waals surface area contributed by atoms with E-state index in [2.05, 4.69) is 5.16 Å². The van der Waals surface area contributed by atoms with Gasteiger partial charge in [-0.3, -0.25) is 0 Å². The highest BCUT2D eigenvalue weighted by Gasteiger charge is 2.23. The Morgan fingerprint density at radius 1 is 1.56 bits per heavy atom. The highest BCUT2D eigenvalue weighted by atomic mass is 16.6. The predicted octanol–water partition coefficient (Wildman–Crippen LogP) is 0.867. The lowest BCUT2D eigenvalue weighted by Crippen LogP contribution is -2.39. The zero-order valence-electron chi connectivity index (χ0n) is 9.01.